The molecule has 2 rings (SSSR count). The maximum atomic E-state index is 13.4. The van der Waals surface area contributed by atoms with Crippen molar-refractivity contribution in [3.8, 4) is 5.82 Å². The Balaban J connectivity index is 2.86. The molecule has 0 radical (unpaired) electrons. The summed E-state index contributed by atoms with van der Waals surface area (Å²) in [6, 6.07) is 1.58. The van der Waals surface area contributed by atoms with E-state index in [1.807, 2.05) is 0 Å². The van der Waals surface area contributed by atoms with Gasteiger partial charge in [0.05, 0.1) is 0 Å². The third kappa shape index (κ3) is 2.85. The molecular formula is C12H8F4N4O4. The molecule has 0 spiro atoms. The van der Waals surface area contributed by atoms with Crippen LogP contribution < -0.4 is 5.32 Å². The quantitative estimate of drug-likeness (QED) is 0.722. The van der Waals surface area contributed by atoms with Gasteiger partial charge in [0.15, 0.2) is 28.8 Å². The Bertz CT molecular complexity index is 831. The summed E-state index contributed by atoms with van der Waals surface area (Å²) in [4.78, 5) is 25.7. The number of nitrogens with one attached hydrogen (secondary N) is 1. The van der Waals surface area contributed by atoms with Crippen molar-refractivity contribution in [1.82, 2.24) is 14.8 Å². The summed E-state index contributed by atoms with van der Waals surface area (Å²) in [6.07, 6.45) is -5.25. The molecular weight excluding hydrogens is 340 g/mol. The number of nitrogens with zero attached hydrogens (tertiary/aromatic N) is 3. The predicted molar refractivity (Wildman–Crippen MR) is 69.8 cm³/mol. The maximum Gasteiger partial charge on any atom is 0.434 e. The number of aromatic nitrogens is 3. The number of pyridine rings is 1. The second kappa shape index (κ2) is 5.79. The Morgan fingerprint density at radius 3 is 2.29 bits per heavy atom. The van der Waals surface area contributed by atoms with Crippen molar-refractivity contribution in [2.75, 3.05) is 12.4 Å². The number of aromatic carboxylic acids is 2. The van der Waals surface area contributed by atoms with Crippen LogP contribution >= 0.6 is 0 Å². The van der Waals surface area contributed by atoms with Gasteiger partial charge in [-0.1, -0.05) is 0 Å². The molecule has 0 aliphatic heterocycles. The van der Waals surface area contributed by atoms with Gasteiger partial charge in [0.25, 0.3) is 0 Å². The molecule has 0 aliphatic carbocycles. The minimum atomic E-state index is -5.25. The van der Waals surface area contributed by atoms with Gasteiger partial charge in [0.2, 0.25) is 0 Å². The van der Waals surface area contributed by atoms with Gasteiger partial charge in [-0.2, -0.15) is 18.3 Å². The lowest BCUT2D eigenvalue weighted by Crippen LogP contribution is -2.18. The van der Waals surface area contributed by atoms with Crippen molar-refractivity contribution >= 4 is 17.8 Å². The van der Waals surface area contributed by atoms with Gasteiger partial charge in [-0.25, -0.2) is 23.6 Å². The zero-order chi connectivity index (χ0) is 18.2. The number of anilines is 1. The van der Waals surface area contributed by atoms with Gasteiger partial charge in [-0.05, 0) is 12.1 Å². The van der Waals surface area contributed by atoms with Crippen molar-refractivity contribution in [3.63, 3.8) is 0 Å². The summed E-state index contributed by atoms with van der Waals surface area (Å²) in [5.74, 6) is -6.00. The van der Waals surface area contributed by atoms with Crippen LogP contribution in [0.4, 0.5) is 23.4 Å². The van der Waals surface area contributed by atoms with E-state index in [-0.39, 0.29) is 4.68 Å². The highest BCUT2D eigenvalue weighted by molar-refractivity contribution is 6.01. The number of hydrogen-bond donors (Lipinski definition) is 3. The summed E-state index contributed by atoms with van der Waals surface area (Å²) in [7, 11) is 1.26. The van der Waals surface area contributed by atoms with Gasteiger partial charge in [-0.3, -0.25) is 0 Å². The van der Waals surface area contributed by atoms with Gasteiger partial charge in [-0.15, -0.1) is 0 Å². The van der Waals surface area contributed by atoms with E-state index in [1.54, 1.807) is 0 Å². The highest BCUT2D eigenvalue weighted by atomic mass is 19.4. The second-order valence-corrected chi connectivity index (χ2v) is 4.34. The van der Waals surface area contributed by atoms with E-state index in [0.29, 0.717) is 0 Å². The third-order valence-corrected chi connectivity index (χ3v) is 2.86. The summed E-state index contributed by atoms with van der Waals surface area (Å²) in [5.41, 5.74) is -4.69. The summed E-state index contributed by atoms with van der Waals surface area (Å²) in [6.45, 7) is 0. The van der Waals surface area contributed by atoms with E-state index in [2.05, 4.69) is 15.4 Å². The van der Waals surface area contributed by atoms with Crippen LogP contribution in [-0.4, -0.2) is 44.0 Å². The van der Waals surface area contributed by atoms with E-state index >= 15 is 0 Å². The van der Waals surface area contributed by atoms with E-state index in [9.17, 15) is 27.2 Å². The predicted octanol–water partition coefficient (Wildman–Crippen LogP) is 1.86. The Labute approximate surface area is 130 Å². The van der Waals surface area contributed by atoms with Gasteiger partial charge < -0.3 is 15.5 Å². The fourth-order valence-electron chi connectivity index (χ4n) is 1.92. The van der Waals surface area contributed by atoms with Crippen LogP contribution in [0.5, 0.6) is 0 Å². The maximum absolute atomic E-state index is 13.4. The van der Waals surface area contributed by atoms with E-state index in [4.69, 9.17) is 10.2 Å². The first-order chi connectivity index (χ1) is 11.1. The number of alkyl halides is 3. The molecule has 0 bridgehead atoms. The molecule has 0 amide bonds. The molecule has 8 nitrogen and oxygen atoms in total. The Morgan fingerprint density at radius 1 is 1.21 bits per heavy atom. The molecule has 0 saturated heterocycles. The molecule has 2 heterocycles. The number of rotatable bonds is 4. The summed E-state index contributed by atoms with van der Waals surface area (Å²) in [5, 5.41) is 23.3. The molecule has 24 heavy (non-hydrogen) atoms. The normalized spacial score (nSPS) is 11.4. The average Bonchev–Trinajstić information content (AvgIpc) is 2.88. The molecule has 12 heteroatoms. The second-order valence-electron chi connectivity index (χ2n) is 4.34. The summed E-state index contributed by atoms with van der Waals surface area (Å²) < 4.78 is 53.2. The van der Waals surface area contributed by atoms with Crippen LogP contribution in [0, 0.1) is 5.82 Å². The zero-order valence-electron chi connectivity index (χ0n) is 11.7. The largest absolute Gasteiger partial charge is 0.478 e. The van der Waals surface area contributed by atoms with Crippen molar-refractivity contribution < 1.29 is 37.4 Å². The first-order valence-corrected chi connectivity index (χ1v) is 6.09. The van der Waals surface area contributed by atoms with E-state index in [0.717, 1.165) is 12.1 Å². The molecule has 0 atom stereocenters. The highest BCUT2D eigenvalue weighted by Crippen LogP contribution is 2.35. The third-order valence-electron chi connectivity index (χ3n) is 2.86. The first kappa shape index (κ1) is 17.2. The van der Waals surface area contributed by atoms with Crippen molar-refractivity contribution in [3.05, 3.63) is 34.9 Å². The molecule has 128 valence electrons. The molecule has 0 fully saturated rings. The molecule has 2 aromatic rings. The van der Waals surface area contributed by atoms with Crippen molar-refractivity contribution in [2.45, 2.75) is 6.18 Å². The lowest BCUT2D eigenvalue weighted by Gasteiger charge is -2.11. The van der Waals surface area contributed by atoms with Crippen LogP contribution in [-0.2, 0) is 6.18 Å². The van der Waals surface area contributed by atoms with Gasteiger partial charge in [0.1, 0.15) is 5.56 Å². The molecule has 0 unspecified atom stereocenters. The first-order valence-electron chi connectivity index (χ1n) is 6.09. The molecule has 0 saturated carbocycles. The SMILES string of the molecule is CNc1nc(-n2nc(C(=O)O)c(C(=O)O)c2C(F)(F)F)ccc1F. The molecule has 0 aliphatic rings. The monoisotopic (exact) mass is 348 g/mol. The molecule has 2 aromatic heterocycles. The lowest BCUT2D eigenvalue weighted by atomic mass is 10.1. The minimum Gasteiger partial charge on any atom is -0.478 e. The van der Waals surface area contributed by atoms with Gasteiger partial charge >= 0.3 is 18.1 Å². The zero-order valence-corrected chi connectivity index (χ0v) is 11.7. The fraction of sp³-hybridized carbons (Fsp3) is 0.167. The number of carboxylic acids is 2. The summed E-state index contributed by atoms with van der Waals surface area (Å²) >= 11 is 0. The van der Waals surface area contributed by atoms with Crippen LogP contribution in [0.25, 0.3) is 5.82 Å². The van der Waals surface area contributed by atoms with Crippen molar-refractivity contribution in [1.29, 1.82) is 0 Å². The number of carbonyl (C=O) groups is 2. The topological polar surface area (TPSA) is 117 Å². The van der Waals surface area contributed by atoms with Gasteiger partial charge in [0, 0.05) is 7.05 Å². The molecule has 0 aromatic carbocycles. The average molecular weight is 348 g/mol. The van der Waals surface area contributed by atoms with Crippen LogP contribution in [0.3, 0.4) is 0 Å². The lowest BCUT2D eigenvalue weighted by molar-refractivity contribution is -0.143. The Morgan fingerprint density at radius 2 is 1.83 bits per heavy atom. The Kier molecular flexibility index (Phi) is 4.14. The van der Waals surface area contributed by atoms with E-state index in [1.165, 1.54) is 7.05 Å². The number of halogens is 4. The molecule has 3 N–H and O–H groups in total. The van der Waals surface area contributed by atoms with E-state index < -0.39 is 52.5 Å². The smallest absolute Gasteiger partial charge is 0.434 e. The fourth-order valence-corrected chi connectivity index (χ4v) is 1.92. The van der Waals surface area contributed by atoms with Crippen LogP contribution in [0.15, 0.2) is 12.1 Å². The van der Waals surface area contributed by atoms with Crippen LogP contribution in [0.2, 0.25) is 0 Å². The van der Waals surface area contributed by atoms with Crippen LogP contribution in [0.1, 0.15) is 26.5 Å². The Hall–Kier alpha value is -3.18. The standard InChI is InChI=1S/C12H8F4N4O4/c1-17-9-4(13)2-3-5(18-9)20-8(12(14,15)16)6(10(21)22)7(19-20)11(23)24/h2-3H,1H3,(H,17,18)(H,21,22)(H,23,24). The number of hydrogen-bond acceptors (Lipinski definition) is 5. The number of carboxylic acid groups (broad SMARTS) is 2. The highest BCUT2D eigenvalue weighted by Gasteiger charge is 2.44. The van der Waals surface area contributed by atoms with Crippen molar-refractivity contribution in [2.24, 2.45) is 0 Å². The minimum absolute atomic E-state index is 0.00713.